The molecule has 0 radical (unpaired) electrons. The zero-order valence-electron chi connectivity index (χ0n) is 26.9. The summed E-state index contributed by atoms with van der Waals surface area (Å²) >= 11 is 0. The number of rotatable bonds is 31. The summed E-state index contributed by atoms with van der Waals surface area (Å²) in [5.41, 5.74) is 0. The van der Waals surface area contributed by atoms with Crippen LogP contribution in [0.5, 0.6) is 0 Å². The molecule has 0 heterocycles. The largest absolute Gasteiger partial charge is 0.394 e. The van der Waals surface area contributed by atoms with Crippen LogP contribution in [0.15, 0.2) is 24.3 Å². The summed E-state index contributed by atoms with van der Waals surface area (Å²) in [5, 5.41) is 22.8. The van der Waals surface area contributed by atoms with E-state index in [1.807, 2.05) is 6.08 Å². The Morgan fingerprint density at radius 3 is 1.40 bits per heavy atom. The Morgan fingerprint density at radius 2 is 0.950 bits per heavy atom. The second kappa shape index (κ2) is 32.4. The van der Waals surface area contributed by atoms with Gasteiger partial charge in [0.05, 0.1) is 18.8 Å². The minimum Gasteiger partial charge on any atom is -0.394 e. The van der Waals surface area contributed by atoms with Crippen LogP contribution in [0.1, 0.15) is 181 Å². The number of hydrogen-bond donors (Lipinski definition) is 3. The smallest absolute Gasteiger partial charge is 0.220 e. The van der Waals surface area contributed by atoms with E-state index in [9.17, 15) is 15.0 Å². The number of unbranched alkanes of at least 4 members (excludes halogenated alkanes) is 22. The molecule has 0 aromatic carbocycles. The normalized spacial score (nSPS) is 13.4. The zero-order chi connectivity index (χ0) is 29.4. The SMILES string of the molecule is CCCCCC/C=C\CCCCCCCCCC(=O)NC(CO)C(O)/C=C/CCCCCCCCCCCCC. The average molecular weight is 564 g/mol. The van der Waals surface area contributed by atoms with Gasteiger partial charge in [-0.3, -0.25) is 4.79 Å². The number of amides is 1. The van der Waals surface area contributed by atoms with Gasteiger partial charge in [-0.1, -0.05) is 154 Å². The van der Waals surface area contributed by atoms with Crippen LogP contribution < -0.4 is 5.32 Å². The standard InChI is InChI=1S/C36H69NO3/c1-3-5-7-9-11-13-15-17-18-20-22-24-26-28-30-32-36(40)37-34(33-38)35(39)31-29-27-25-23-21-19-16-14-12-10-8-6-4-2/h13,15,29,31,34-35,38-39H,3-12,14,16-28,30,32-33H2,1-2H3,(H,37,40)/b15-13-,31-29+. The lowest BCUT2D eigenvalue weighted by molar-refractivity contribution is -0.123. The maximum atomic E-state index is 12.3. The van der Waals surface area contributed by atoms with Crippen LogP contribution in [-0.4, -0.2) is 34.9 Å². The molecular weight excluding hydrogens is 494 g/mol. The van der Waals surface area contributed by atoms with E-state index in [0.29, 0.717) is 6.42 Å². The van der Waals surface area contributed by atoms with Gasteiger partial charge in [0.2, 0.25) is 5.91 Å². The molecule has 3 N–H and O–H groups in total. The molecule has 0 aromatic heterocycles. The fourth-order valence-corrected chi connectivity index (χ4v) is 5.17. The highest BCUT2D eigenvalue weighted by Gasteiger charge is 2.17. The molecule has 0 aromatic rings. The third-order valence-electron chi connectivity index (χ3n) is 7.93. The number of aliphatic hydroxyl groups excluding tert-OH is 2. The summed E-state index contributed by atoms with van der Waals surface area (Å²) < 4.78 is 0. The molecule has 4 heteroatoms. The Balaban J connectivity index is 3.64. The molecule has 0 aliphatic carbocycles. The number of allylic oxidation sites excluding steroid dienone is 3. The molecule has 2 unspecified atom stereocenters. The van der Waals surface area contributed by atoms with Crippen molar-refractivity contribution >= 4 is 5.91 Å². The predicted octanol–water partition coefficient (Wildman–Crippen LogP) is 10.1. The van der Waals surface area contributed by atoms with Crippen molar-refractivity contribution in [1.29, 1.82) is 0 Å². The van der Waals surface area contributed by atoms with Crippen molar-refractivity contribution in [1.82, 2.24) is 5.32 Å². The summed E-state index contributed by atoms with van der Waals surface area (Å²) in [4.78, 5) is 12.3. The third kappa shape index (κ3) is 28.4. The monoisotopic (exact) mass is 564 g/mol. The summed E-state index contributed by atoms with van der Waals surface area (Å²) in [6.45, 7) is 4.27. The first-order valence-corrected chi connectivity index (χ1v) is 17.6. The summed E-state index contributed by atoms with van der Waals surface area (Å²) in [5.74, 6) is -0.0710. The van der Waals surface area contributed by atoms with Crippen LogP contribution in [-0.2, 0) is 4.79 Å². The fourth-order valence-electron chi connectivity index (χ4n) is 5.17. The Morgan fingerprint density at radius 1 is 0.575 bits per heavy atom. The van der Waals surface area contributed by atoms with Gasteiger partial charge in [0.25, 0.3) is 0 Å². The highest BCUT2D eigenvalue weighted by Crippen LogP contribution is 2.13. The van der Waals surface area contributed by atoms with E-state index in [2.05, 4.69) is 31.3 Å². The maximum Gasteiger partial charge on any atom is 0.220 e. The Kier molecular flexibility index (Phi) is 31.5. The van der Waals surface area contributed by atoms with Crippen LogP contribution in [0.2, 0.25) is 0 Å². The van der Waals surface area contributed by atoms with Crippen molar-refractivity contribution in [3.05, 3.63) is 24.3 Å². The fraction of sp³-hybridized carbons (Fsp3) is 0.861. The van der Waals surface area contributed by atoms with Gasteiger partial charge in [-0.25, -0.2) is 0 Å². The third-order valence-corrected chi connectivity index (χ3v) is 7.93. The van der Waals surface area contributed by atoms with Gasteiger partial charge in [0, 0.05) is 6.42 Å². The molecule has 1 amide bonds. The van der Waals surface area contributed by atoms with E-state index in [1.54, 1.807) is 6.08 Å². The molecule has 40 heavy (non-hydrogen) atoms. The zero-order valence-corrected chi connectivity index (χ0v) is 26.9. The molecule has 0 saturated carbocycles. The minimum absolute atomic E-state index is 0.0710. The van der Waals surface area contributed by atoms with Crippen LogP contribution in [0.4, 0.5) is 0 Å². The van der Waals surface area contributed by atoms with Crippen LogP contribution in [0, 0.1) is 0 Å². The van der Waals surface area contributed by atoms with Crippen molar-refractivity contribution in [3.63, 3.8) is 0 Å². The van der Waals surface area contributed by atoms with E-state index in [-0.39, 0.29) is 12.5 Å². The van der Waals surface area contributed by atoms with Gasteiger partial charge in [-0.2, -0.15) is 0 Å². The van der Waals surface area contributed by atoms with Crippen molar-refractivity contribution in [3.8, 4) is 0 Å². The number of aliphatic hydroxyl groups is 2. The summed E-state index contributed by atoms with van der Waals surface area (Å²) in [7, 11) is 0. The highest BCUT2D eigenvalue weighted by molar-refractivity contribution is 5.76. The lowest BCUT2D eigenvalue weighted by Crippen LogP contribution is -2.45. The van der Waals surface area contributed by atoms with Gasteiger partial charge in [-0.05, 0) is 44.9 Å². The molecule has 4 nitrogen and oxygen atoms in total. The Hall–Kier alpha value is -1.13. The van der Waals surface area contributed by atoms with E-state index in [4.69, 9.17) is 0 Å². The van der Waals surface area contributed by atoms with Gasteiger partial charge >= 0.3 is 0 Å². The molecule has 236 valence electrons. The summed E-state index contributed by atoms with van der Waals surface area (Å²) in [6, 6.07) is -0.619. The average Bonchev–Trinajstić information content (AvgIpc) is 2.96. The predicted molar refractivity (Wildman–Crippen MR) is 175 cm³/mol. The van der Waals surface area contributed by atoms with E-state index < -0.39 is 12.1 Å². The number of carbonyl (C=O) groups is 1. The molecule has 0 rings (SSSR count). The van der Waals surface area contributed by atoms with Crippen molar-refractivity contribution in [2.45, 2.75) is 193 Å². The van der Waals surface area contributed by atoms with Gasteiger partial charge in [-0.15, -0.1) is 0 Å². The Labute approximate surface area is 249 Å². The molecular formula is C36H69NO3. The topological polar surface area (TPSA) is 69.6 Å². The summed E-state index contributed by atoms with van der Waals surface area (Å²) in [6.07, 6.45) is 39.6. The van der Waals surface area contributed by atoms with Crippen molar-refractivity contribution in [2.24, 2.45) is 0 Å². The lowest BCUT2D eigenvalue weighted by atomic mass is 10.0. The second-order valence-electron chi connectivity index (χ2n) is 11.9. The maximum absolute atomic E-state index is 12.3. The first-order chi connectivity index (χ1) is 19.7. The lowest BCUT2D eigenvalue weighted by Gasteiger charge is -2.20. The van der Waals surface area contributed by atoms with E-state index >= 15 is 0 Å². The van der Waals surface area contributed by atoms with Gasteiger partial charge < -0.3 is 15.5 Å². The molecule has 2 atom stereocenters. The van der Waals surface area contributed by atoms with Crippen molar-refractivity contribution in [2.75, 3.05) is 6.61 Å². The molecule has 0 saturated heterocycles. The first-order valence-electron chi connectivity index (χ1n) is 17.6. The number of carbonyl (C=O) groups excluding carboxylic acids is 1. The quantitative estimate of drug-likeness (QED) is 0.0580. The van der Waals surface area contributed by atoms with Crippen LogP contribution >= 0.6 is 0 Å². The number of hydrogen-bond acceptors (Lipinski definition) is 3. The second-order valence-corrected chi connectivity index (χ2v) is 11.9. The van der Waals surface area contributed by atoms with Gasteiger partial charge in [0.15, 0.2) is 0 Å². The molecule has 0 fully saturated rings. The number of nitrogens with one attached hydrogen (secondary N) is 1. The minimum atomic E-state index is -0.836. The first kappa shape index (κ1) is 38.9. The van der Waals surface area contributed by atoms with Crippen molar-refractivity contribution < 1.29 is 15.0 Å². The van der Waals surface area contributed by atoms with E-state index in [0.717, 1.165) is 25.7 Å². The Bertz CT molecular complexity index is 574. The highest BCUT2D eigenvalue weighted by atomic mass is 16.3. The van der Waals surface area contributed by atoms with E-state index in [1.165, 1.54) is 135 Å². The molecule has 0 spiro atoms. The van der Waals surface area contributed by atoms with Gasteiger partial charge in [0.1, 0.15) is 0 Å². The molecule has 0 aliphatic rings. The van der Waals surface area contributed by atoms with Crippen LogP contribution in [0.3, 0.4) is 0 Å². The molecule has 0 bridgehead atoms. The van der Waals surface area contributed by atoms with Crippen LogP contribution in [0.25, 0.3) is 0 Å². The molecule has 0 aliphatic heterocycles.